The number of rotatable bonds is 10. The average molecular weight is 443 g/mol. The van der Waals surface area contributed by atoms with Gasteiger partial charge in [-0.2, -0.15) is 4.98 Å². The summed E-state index contributed by atoms with van der Waals surface area (Å²) in [7, 11) is 1.82. The molecule has 1 aliphatic rings. The third-order valence-electron chi connectivity index (χ3n) is 5.73. The molecule has 0 amide bonds. The SMILES string of the molecule is CCc1noc(-c2ccc(CCNC(=NC)NCC(CC(C)C)N3CCOCC3)cc2)n1. The van der Waals surface area contributed by atoms with E-state index in [1.807, 2.05) is 26.1 Å². The highest BCUT2D eigenvalue weighted by molar-refractivity contribution is 5.79. The number of hydrogen-bond donors (Lipinski definition) is 2. The number of aryl methyl sites for hydroxylation is 1. The summed E-state index contributed by atoms with van der Waals surface area (Å²) in [6.45, 7) is 11.9. The van der Waals surface area contributed by atoms with Crippen LogP contribution in [0.15, 0.2) is 33.8 Å². The Morgan fingerprint density at radius 3 is 2.53 bits per heavy atom. The molecule has 2 heterocycles. The largest absolute Gasteiger partial charge is 0.379 e. The number of hydrogen-bond acceptors (Lipinski definition) is 6. The molecule has 1 aromatic carbocycles. The Morgan fingerprint density at radius 2 is 1.91 bits per heavy atom. The van der Waals surface area contributed by atoms with Gasteiger partial charge in [-0.3, -0.25) is 9.89 Å². The minimum atomic E-state index is 0.489. The van der Waals surface area contributed by atoms with Crippen molar-refractivity contribution in [1.29, 1.82) is 0 Å². The Hall–Kier alpha value is -2.45. The normalized spacial score (nSPS) is 16.3. The number of nitrogens with zero attached hydrogens (tertiary/aromatic N) is 4. The Morgan fingerprint density at radius 1 is 1.16 bits per heavy atom. The zero-order chi connectivity index (χ0) is 22.8. The van der Waals surface area contributed by atoms with E-state index in [-0.39, 0.29) is 0 Å². The van der Waals surface area contributed by atoms with Crippen LogP contribution in [0.5, 0.6) is 0 Å². The second-order valence-corrected chi connectivity index (χ2v) is 8.63. The molecular formula is C24H38N6O2. The van der Waals surface area contributed by atoms with Crippen molar-refractivity contribution in [2.75, 3.05) is 46.4 Å². The van der Waals surface area contributed by atoms with Crippen molar-refractivity contribution in [3.8, 4) is 11.5 Å². The van der Waals surface area contributed by atoms with Crippen LogP contribution >= 0.6 is 0 Å². The van der Waals surface area contributed by atoms with E-state index in [9.17, 15) is 0 Å². The lowest BCUT2D eigenvalue weighted by Crippen LogP contribution is -2.51. The number of benzene rings is 1. The molecule has 8 heteroatoms. The predicted molar refractivity (Wildman–Crippen MR) is 128 cm³/mol. The van der Waals surface area contributed by atoms with E-state index in [1.54, 1.807) is 0 Å². The van der Waals surface area contributed by atoms with Gasteiger partial charge in [0.1, 0.15) is 0 Å². The van der Waals surface area contributed by atoms with Crippen LogP contribution < -0.4 is 10.6 Å². The molecule has 1 unspecified atom stereocenters. The summed E-state index contributed by atoms with van der Waals surface area (Å²) in [5.41, 5.74) is 2.20. The number of aliphatic imine (C=N–C) groups is 1. The smallest absolute Gasteiger partial charge is 0.257 e. The number of morpholine rings is 1. The molecule has 1 saturated heterocycles. The Bertz CT molecular complexity index is 827. The number of ether oxygens (including phenoxy) is 1. The topological polar surface area (TPSA) is 87.8 Å². The minimum absolute atomic E-state index is 0.489. The molecule has 2 aromatic rings. The standard InChI is InChI=1S/C24H38N6O2/c1-5-22-28-23(32-29-22)20-8-6-19(7-9-20)10-11-26-24(25-4)27-17-21(16-18(2)3)30-12-14-31-15-13-30/h6-9,18,21H,5,10-17H2,1-4H3,(H2,25,26,27). The minimum Gasteiger partial charge on any atom is -0.379 e. The molecule has 1 fully saturated rings. The van der Waals surface area contributed by atoms with Gasteiger partial charge in [0, 0.05) is 51.3 Å². The summed E-state index contributed by atoms with van der Waals surface area (Å²) in [5, 5.41) is 10.9. The summed E-state index contributed by atoms with van der Waals surface area (Å²) in [4.78, 5) is 11.3. The molecule has 0 bridgehead atoms. The van der Waals surface area contributed by atoms with Gasteiger partial charge in [0.05, 0.1) is 13.2 Å². The zero-order valence-corrected chi connectivity index (χ0v) is 19.9. The van der Waals surface area contributed by atoms with Gasteiger partial charge in [0.2, 0.25) is 0 Å². The molecule has 1 atom stereocenters. The highest BCUT2D eigenvalue weighted by Crippen LogP contribution is 2.18. The van der Waals surface area contributed by atoms with E-state index in [0.717, 1.165) is 76.0 Å². The molecule has 2 N–H and O–H groups in total. The van der Waals surface area contributed by atoms with Crippen molar-refractivity contribution in [3.63, 3.8) is 0 Å². The molecular weight excluding hydrogens is 404 g/mol. The van der Waals surface area contributed by atoms with E-state index in [1.165, 1.54) is 5.56 Å². The Labute approximate surface area is 191 Å². The summed E-state index contributed by atoms with van der Waals surface area (Å²) in [6.07, 6.45) is 2.84. The van der Waals surface area contributed by atoms with Crippen molar-refractivity contribution in [3.05, 3.63) is 35.7 Å². The van der Waals surface area contributed by atoms with E-state index in [0.29, 0.717) is 17.9 Å². The van der Waals surface area contributed by atoms with Crippen LogP contribution in [-0.2, 0) is 17.6 Å². The van der Waals surface area contributed by atoms with E-state index >= 15 is 0 Å². The molecule has 0 saturated carbocycles. The number of guanidine groups is 1. The third-order valence-corrected chi connectivity index (χ3v) is 5.73. The number of nitrogens with one attached hydrogen (secondary N) is 2. The molecule has 0 spiro atoms. The quantitative estimate of drug-likeness (QED) is 0.432. The van der Waals surface area contributed by atoms with E-state index in [2.05, 4.69) is 56.6 Å². The van der Waals surface area contributed by atoms with Crippen molar-refractivity contribution < 1.29 is 9.26 Å². The monoisotopic (exact) mass is 442 g/mol. The number of aromatic nitrogens is 2. The summed E-state index contributed by atoms with van der Waals surface area (Å²) >= 11 is 0. The fourth-order valence-corrected chi connectivity index (χ4v) is 3.94. The van der Waals surface area contributed by atoms with Crippen LogP contribution in [0.4, 0.5) is 0 Å². The van der Waals surface area contributed by atoms with E-state index in [4.69, 9.17) is 9.26 Å². The van der Waals surface area contributed by atoms with Gasteiger partial charge in [-0.1, -0.05) is 38.1 Å². The van der Waals surface area contributed by atoms with Crippen molar-refractivity contribution in [2.24, 2.45) is 10.9 Å². The zero-order valence-electron chi connectivity index (χ0n) is 19.9. The first-order valence-corrected chi connectivity index (χ1v) is 11.8. The maximum atomic E-state index is 5.53. The van der Waals surface area contributed by atoms with Gasteiger partial charge in [0.15, 0.2) is 11.8 Å². The fourth-order valence-electron chi connectivity index (χ4n) is 3.94. The molecule has 1 aromatic heterocycles. The second kappa shape index (κ2) is 12.6. The first-order valence-electron chi connectivity index (χ1n) is 11.8. The van der Waals surface area contributed by atoms with Crippen molar-refractivity contribution >= 4 is 5.96 Å². The summed E-state index contributed by atoms with van der Waals surface area (Å²) < 4.78 is 10.8. The average Bonchev–Trinajstić information content (AvgIpc) is 3.30. The van der Waals surface area contributed by atoms with Gasteiger partial charge < -0.3 is 19.9 Å². The first-order chi connectivity index (χ1) is 15.6. The lowest BCUT2D eigenvalue weighted by molar-refractivity contribution is 0.0132. The highest BCUT2D eigenvalue weighted by atomic mass is 16.5. The molecule has 1 aliphatic heterocycles. The third kappa shape index (κ3) is 7.31. The summed E-state index contributed by atoms with van der Waals surface area (Å²) in [5.74, 6) is 2.81. The van der Waals surface area contributed by atoms with Gasteiger partial charge in [-0.15, -0.1) is 0 Å². The van der Waals surface area contributed by atoms with Gasteiger partial charge >= 0.3 is 0 Å². The van der Waals surface area contributed by atoms with Crippen LogP contribution in [0.3, 0.4) is 0 Å². The van der Waals surface area contributed by atoms with Crippen LogP contribution in [0.2, 0.25) is 0 Å². The fraction of sp³-hybridized carbons (Fsp3) is 0.625. The van der Waals surface area contributed by atoms with Crippen molar-refractivity contribution in [1.82, 2.24) is 25.7 Å². The Balaban J connectivity index is 1.45. The van der Waals surface area contributed by atoms with Gasteiger partial charge in [0.25, 0.3) is 5.89 Å². The molecule has 3 rings (SSSR count). The molecule has 8 nitrogen and oxygen atoms in total. The van der Waals surface area contributed by atoms with Crippen LogP contribution in [-0.4, -0.2) is 73.5 Å². The molecule has 0 radical (unpaired) electrons. The highest BCUT2D eigenvalue weighted by Gasteiger charge is 2.22. The van der Waals surface area contributed by atoms with Crippen LogP contribution in [0, 0.1) is 5.92 Å². The lowest BCUT2D eigenvalue weighted by Gasteiger charge is -2.35. The first kappa shape index (κ1) is 24.2. The van der Waals surface area contributed by atoms with Crippen LogP contribution in [0.1, 0.15) is 38.6 Å². The van der Waals surface area contributed by atoms with Crippen LogP contribution in [0.25, 0.3) is 11.5 Å². The molecule has 0 aliphatic carbocycles. The maximum Gasteiger partial charge on any atom is 0.257 e. The van der Waals surface area contributed by atoms with Gasteiger partial charge in [-0.05, 0) is 36.5 Å². The molecule has 176 valence electrons. The second-order valence-electron chi connectivity index (χ2n) is 8.63. The molecule has 32 heavy (non-hydrogen) atoms. The maximum absolute atomic E-state index is 5.53. The predicted octanol–water partition coefficient (Wildman–Crippen LogP) is 2.75. The van der Waals surface area contributed by atoms with Gasteiger partial charge in [-0.25, -0.2) is 0 Å². The van der Waals surface area contributed by atoms with E-state index < -0.39 is 0 Å². The summed E-state index contributed by atoms with van der Waals surface area (Å²) in [6, 6.07) is 8.78. The Kier molecular flexibility index (Phi) is 9.49. The van der Waals surface area contributed by atoms with Crippen molar-refractivity contribution in [2.45, 2.75) is 46.1 Å². The lowest BCUT2D eigenvalue weighted by atomic mass is 10.0.